The van der Waals surface area contributed by atoms with Crippen molar-refractivity contribution in [2.45, 2.75) is 24.5 Å². The second-order valence-corrected chi connectivity index (χ2v) is 9.88. The molecule has 3 rings (SSSR count). The lowest BCUT2D eigenvalue weighted by molar-refractivity contribution is 0.0742. The van der Waals surface area contributed by atoms with Crippen molar-refractivity contribution in [3.05, 3.63) is 82.0 Å². The van der Waals surface area contributed by atoms with Gasteiger partial charge >= 0.3 is 0 Å². The molecular formula is C22H23NO4S2. The van der Waals surface area contributed by atoms with E-state index >= 15 is 0 Å². The summed E-state index contributed by atoms with van der Waals surface area (Å²) in [6, 6.07) is 17.5. The van der Waals surface area contributed by atoms with Crippen LogP contribution in [0.4, 0.5) is 0 Å². The summed E-state index contributed by atoms with van der Waals surface area (Å²) in [7, 11) is -1.51. The maximum atomic E-state index is 12.9. The van der Waals surface area contributed by atoms with Crippen molar-refractivity contribution in [2.24, 2.45) is 0 Å². The van der Waals surface area contributed by atoms with Crippen molar-refractivity contribution < 1.29 is 17.9 Å². The lowest BCUT2D eigenvalue weighted by Crippen LogP contribution is -2.29. The van der Waals surface area contributed by atoms with Crippen LogP contribution in [-0.4, -0.2) is 32.5 Å². The summed E-state index contributed by atoms with van der Waals surface area (Å²) in [5, 5.41) is 2.00. The summed E-state index contributed by atoms with van der Waals surface area (Å²) in [5.74, 6) is 0.508. The van der Waals surface area contributed by atoms with Gasteiger partial charge < -0.3 is 9.64 Å². The molecule has 0 aliphatic carbocycles. The fraction of sp³-hybridized carbons (Fsp3) is 0.227. The number of carbonyl (C=O) groups excluding carboxylic acids is 1. The highest BCUT2D eigenvalue weighted by Gasteiger charge is 2.20. The minimum atomic E-state index is -3.25. The fourth-order valence-electron chi connectivity index (χ4n) is 2.86. The molecule has 5 nitrogen and oxygen atoms in total. The molecule has 0 saturated carbocycles. The van der Waals surface area contributed by atoms with Crippen molar-refractivity contribution in [3.8, 4) is 5.75 Å². The maximum Gasteiger partial charge on any atom is 0.254 e. The van der Waals surface area contributed by atoms with Gasteiger partial charge in [0.1, 0.15) is 12.4 Å². The number of rotatable bonds is 7. The predicted octanol–water partition coefficient (Wildman–Crippen LogP) is 4.56. The molecule has 0 N–H and O–H groups in total. The summed E-state index contributed by atoms with van der Waals surface area (Å²) >= 11 is 1.62. The first-order chi connectivity index (χ1) is 13.8. The molecule has 1 heterocycles. The Balaban J connectivity index is 1.71. The highest BCUT2D eigenvalue weighted by molar-refractivity contribution is 7.90. The molecule has 2 aromatic carbocycles. The summed E-state index contributed by atoms with van der Waals surface area (Å²) in [5.41, 5.74) is 1.40. The third-order valence-electron chi connectivity index (χ3n) is 4.73. The molecule has 152 valence electrons. The third kappa shape index (κ3) is 5.25. The smallest absolute Gasteiger partial charge is 0.254 e. The highest BCUT2D eigenvalue weighted by Crippen LogP contribution is 2.24. The molecule has 0 spiro atoms. The minimum absolute atomic E-state index is 0.133. The summed E-state index contributed by atoms with van der Waals surface area (Å²) in [6.07, 6.45) is 1.18. The number of carbonyl (C=O) groups is 1. The van der Waals surface area contributed by atoms with Gasteiger partial charge in [-0.15, -0.1) is 11.3 Å². The average molecular weight is 430 g/mol. The van der Waals surface area contributed by atoms with Crippen molar-refractivity contribution in [2.75, 3.05) is 13.3 Å². The Hall–Kier alpha value is -2.64. The number of benzene rings is 2. The van der Waals surface area contributed by atoms with Gasteiger partial charge in [0.05, 0.1) is 10.9 Å². The number of hydrogen-bond acceptors (Lipinski definition) is 5. The van der Waals surface area contributed by atoms with Crippen LogP contribution in [0.3, 0.4) is 0 Å². The Labute approximate surface area is 175 Å². The van der Waals surface area contributed by atoms with Gasteiger partial charge in [-0.25, -0.2) is 8.42 Å². The van der Waals surface area contributed by atoms with E-state index in [9.17, 15) is 13.2 Å². The van der Waals surface area contributed by atoms with Crippen LogP contribution in [-0.2, 0) is 16.4 Å². The molecule has 0 radical (unpaired) electrons. The molecule has 1 atom stereocenters. The standard InChI is InChI=1S/C22H23NO4S2/c1-16(17-9-11-21(12-10-17)29(3,25)26)23(2)22(24)18-6-4-7-19(14-18)27-15-20-8-5-13-28-20/h4-14,16H,15H2,1-3H3/t16-/m0/s1. The number of amides is 1. The van der Waals surface area contributed by atoms with Crippen LogP contribution >= 0.6 is 11.3 Å². The molecule has 29 heavy (non-hydrogen) atoms. The number of ether oxygens (including phenoxy) is 1. The lowest BCUT2D eigenvalue weighted by Gasteiger charge is -2.25. The summed E-state index contributed by atoms with van der Waals surface area (Å²) in [6.45, 7) is 2.37. The molecule has 1 aromatic heterocycles. The summed E-state index contributed by atoms with van der Waals surface area (Å²) < 4.78 is 29.0. The Kier molecular flexibility index (Phi) is 6.39. The van der Waals surface area contributed by atoms with Crippen LogP contribution in [0.2, 0.25) is 0 Å². The van der Waals surface area contributed by atoms with Crippen molar-refractivity contribution in [3.63, 3.8) is 0 Å². The van der Waals surface area contributed by atoms with Gasteiger partial charge in [0, 0.05) is 23.7 Å². The Morgan fingerprint density at radius 3 is 2.45 bits per heavy atom. The van der Waals surface area contributed by atoms with E-state index in [1.165, 1.54) is 6.26 Å². The van der Waals surface area contributed by atoms with Gasteiger partial charge in [-0.1, -0.05) is 24.3 Å². The second kappa shape index (κ2) is 8.80. The number of sulfone groups is 1. The van der Waals surface area contributed by atoms with Gasteiger partial charge in [0.25, 0.3) is 5.91 Å². The number of hydrogen-bond donors (Lipinski definition) is 0. The predicted molar refractivity (Wildman–Crippen MR) is 115 cm³/mol. The molecule has 0 aliphatic heterocycles. The Bertz CT molecular complexity index is 1070. The normalized spacial score (nSPS) is 12.4. The minimum Gasteiger partial charge on any atom is -0.488 e. The molecule has 1 amide bonds. The van der Waals surface area contributed by atoms with E-state index in [-0.39, 0.29) is 16.8 Å². The third-order valence-corrected chi connectivity index (χ3v) is 6.71. The molecule has 0 saturated heterocycles. The first kappa shape index (κ1) is 21.1. The monoisotopic (exact) mass is 429 g/mol. The molecule has 0 aliphatic rings. The Morgan fingerprint density at radius 1 is 1.10 bits per heavy atom. The van der Waals surface area contributed by atoms with Crippen LogP contribution in [0.25, 0.3) is 0 Å². The van der Waals surface area contributed by atoms with Crippen LogP contribution in [0.15, 0.2) is 70.9 Å². The van der Waals surface area contributed by atoms with Crippen molar-refractivity contribution in [1.29, 1.82) is 0 Å². The first-order valence-electron chi connectivity index (χ1n) is 9.08. The van der Waals surface area contributed by atoms with Gasteiger partial charge in [0.2, 0.25) is 0 Å². The molecule has 0 unspecified atom stereocenters. The highest BCUT2D eigenvalue weighted by atomic mass is 32.2. The largest absolute Gasteiger partial charge is 0.488 e. The first-order valence-corrected chi connectivity index (χ1v) is 11.9. The summed E-state index contributed by atoms with van der Waals surface area (Å²) in [4.78, 5) is 16.0. The van der Waals surface area contributed by atoms with Gasteiger partial charge in [0.15, 0.2) is 9.84 Å². The van der Waals surface area contributed by atoms with Crippen LogP contribution in [0, 0.1) is 0 Å². The van der Waals surface area contributed by atoms with E-state index in [4.69, 9.17) is 4.74 Å². The van der Waals surface area contributed by atoms with Crippen LogP contribution in [0.5, 0.6) is 5.75 Å². The molecule has 3 aromatic rings. The zero-order valence-electron chi connectivity index (χ0n) is 16.5. The quantitative estimate of drug-likeness (QED) is 0.552. The molecule has 0 fully saturated rings. The Morgan fingerprint density at radius 2 is 1.83 bits per heavy atom. The van der Waals surface area contributed by atoms with Crippen molar-refractivity contribution in [1.82, 2.24) is 4.90 Å². The zero-order chi connectivity index (χ0) is 21.0. The number of nitrogens with zero attached hydrogens (tertiary/aromatic N) is 1. The fourth-order valence-corrected chi connectivity index (χ4v) is 4.11. The van der Waals surface area contributed by atoms with Crippen molar-refractivity contribution >= 4 is 27.1 Å². The second-order valence-electron chi connectivity index (χ2n) is 6.83. The van der Waals surface area contributed by atoms with E-state index < -0.39 is 9.84 Å². The van der Waals surface area contributed by atoms with Gasteiger partial charge in [-0.2, -0.15) is 0 Å². The number of thiophene rings is 1. The van der Waals surface area contributed by atoms with E-state index in [1.54, 1.807) is 65.7 Å². The van der Waals surface area contributed by atoms with E-state index in [0.29, 0.717) is 17.9 Å². The zero-order valence-corrected chi connectivity index (χ0v) is 18.2. The maximum absolute atomic E-state index is 12.9. The topological polar surface area (TPSA) is 63.7 Å². The van der Waals surface area contributed by atoms with E-state index in [2.05, 4.69) is 0 Å². The SMILES string of the molecule is C[C@@H](c1ccc(S(C)(=O)=O)cc1)N(C)C(=O)c1cccc(OCc2cccs2)c1. The van der Waals surface area contributed by atoms with E-state index in [0.717, 1.165) is 10.4 Å². The molecule has 7 heteroatoms. The average Bonchev–Trinajstić information content (AvgIpc) is 3.24. The van der Waals surface area contributed by atoms with Crippen LogP contribution < -0.4 is 4.74 Å². The molecular weight excluding hydrogens is 406 g/mol. The lowest BCUT2D eigenvalue weighted by atomic mass is 10.1. The van der Waals surface area contributed by atoms with Gasteiger partial charge in [-0.05, 0) is 54.3 Å². The van der Waals surface area contributed by atoms with Gasteiger partial charge in [-0.3, -0.25) is 4.79 Å². The molecule has 0 bridgehead atoms. The van der Waals surface area contributed by atoms with Crippen LogP contribution in [0.1, 0.15) is 33.8 Å². The van der Waals surface area contributed by atoms with E-state index in [1.807, 2.05) is 30.5 Å².